The van der Waals surface area contributed by atoms with E-state index < -0.39 is 12.0 Å². The van der Waals surface area contributed by atoms with Gasteiger partial charge in [0, 0.05) is 5.92 Å². The van der Waals surface area contributed by atoms with Crippen LogP contribution in [0, 0.1) is 5.92 Å². The van der Waals surface area contributed by atoms with Gasteiger partial charge in [-0.2, -0.15) is 0 Å². The molecule has 1 amide bonds. The topological polar surface area (TPSA) is 66.4 Å². The molecule has 0 aromatic heterocycles. The van der Waals surface area contributed by atoms with Crippen molar-refractivity contribution < 1.29 is 14.7 Å². The number of carboxylic acids is 1. The first kappa shape index (κ1) is 16.5. The summed E-state index contributed by atoms with van der Waals surface area (Å²) in [5, 5.41) is 12.0. The Morgan fingerprint density at radius 1 is 1.14 bits per heavy atom. The maximum Gasteiger partial charge on any atom is 0.326 e. The van der Waals surface area contributed by atoms with E-state index in [2.05, 4.69) is 5.32 Å². The van der Waals surface area contributed by atoms with Gasteiger partial charge >= 0.3 is 5.97 Å². The highest BCUT2D eigenvalue weighted by Gasteiger charge is 2.26. The summed E-state index contributed by atoms with van der Waals surface area (Å²) in [6.07, 6.45) is 7.18. The predicted octanol–water partition coefficient (Wildman–Crippen LogP) is 3.16. The van der Waals surface area contributed by atoms with Crippen molar-refractivity contribution in [3.8, 4) is 0 Å². The highest BCUT2D eigenvalue weighted by molar-refractivity contribution is 5.84. The Morgan fingerprint density at radius 2 is 1.82 bits per heavy atom. The van der Waals surface area contributed by atoms with Crippen molar-refractivity contribution in [2.24, 2.45) is 5.92 Å². The molecule has 0 saturated heterocycles. The van der Waals surface area contributed by atoms with Crippen LogP contribution in [0.2, 0.25) is 0 Å². The number of amides is 1. The van der Waals surface area contributed by atoms with Crippen LogP contribution in [0.5, 0.6) is 0 Å². The summed E-state index contributed by atoms with van der Waals surface area (Å²) in [4.78, 5) is 23.5. The molecule has 1 atom stereocenters. The second kappa shape index (κ2) is 8.57. The minimum atomic E-state index is -0.933. The molecule has 1 fully saturated rings. The van der Waals surface area contributed by atoms with Crippen LogP contribution in [-0.4, -0.2) is 23.0 Å². The SMILES string of the molecule is O=C(N[C@@H](CCCc1ccccc1)C(=O)O)C1CCCCC1. The van der Waals surface area contributed by atoms with E-state index >= 15 is 0 Å². The number of benzene rings is 1. The lowest BCUT2D eigenvalue weighted by molar-refractivity contribution is -0.142. The number of aliphatic carboxylic acids is 1. The summed E-state index contributed by atoms with van der Waals surface area (Å²) in [5.74, 6) is -1.01. The van der Waals surface area contributed by atoms with Crippen molar-refractivity contribution >= 4 is 11.9 Å². The largest absolute Gasteiger partial charge is 0.480 e. The van der Waals surface area contributed by atoms with Crippen molar-refractivity contribution in [2.45, 2.75) is 57.4 Å². The van der Waals surface area contributed by atoms with Gasteiger partial charge in [0.25, 0.3) is 0 Å². The number of aryl methyl sites for hydroxylation is 1. The Hall–Kier alpha value is -1.84. The third-order valence-corrected chi connectivity index (χ3v) is 4.39. The molecule has 0 radical (unpaired) electrons. The standard InChI is InChI=1S/C18H25NO3/c20-17(15-11-5-2-6-12-15)19-16(18(21)22)13-7-10-14-8-3-1-4-9-14/h1,3-4,8-9,15-16H,2,5-7,10-13H2,(H,19,20)(H,21,22)/t16-/m0/s1. The Bertz CT molecular complexity index is 480. The van der Waals surface area contributed by atoms with E-state index in [9.17, 15) is 14.7 Å². The summed E-state index contributed by atoms with van der Waals surface area (Å²) in [5.41, 5.74) is 1.20. The fraction of sp³-hybridized carbons (Fsp3) is 0.556. The molecule has 2 rings (SSSR count). The molecule has 0 bridgehead atoms. The van der Waals surface area contributed by atoms with E-state index in [0.717, 1.165) is 38.5 Å². The third kappa shape index (κ3) is 5.17. The Kier molecular flexibility index (Phi) is 6.44. The van der Waals surface area contributed by atoms with Crippen LogP contribution in [0.15, 0.2) is 30.3 Å². The lowest BCUT2D eigenvalue weighted by Crippen LogP contribution is -2.44. The minimum Gasteiger partial charge on any atom is -0.480 e. The zero-order chi connectivity index (χ0) is 15.8. The van der Waals surface area contributed by atoms with Crippen molar-refractivity contribution in [3.63, 3.8) is 0 Å². The van der Waals surface area contributed by atoms with E-state index in [1.807, 2.05) is 30.3 Å². The molecule has 2 N–H and O–H groups in total. The van der Waals surface area contributed by atoms with E-state index in [1.165, 1.54) is 12.0 Å². The molecule has 1 aliphatic rings. The van der Waals surface area contributed by atoms with Crippen LogP contribution < -0.4 is 5.32 Å². The molecule has 4 nitrogen and oxygen atoms in total. The molecule has 22 heavy (non-hydrogen) atoms. The van der Waals surface area contributed by atoms with Crippen molar-refractivity contribution in [1.82, 2.24) is 5.32 Å². The zero-order valence-corrected chi connectivity index (χ0v) is 13.0. The maximum atomic E-state index is 12.2. The van der Waals surface area contributed by atoms with E-state index in [0.29, 0.717) is 6.42 Å². The second-order valence-electron chi connectivity index (χ2n) is 6.11. The molecule has 0 unspecified atom stereocenters. The third-order valence-electron chi connectivity index (χ3n) is 4.39. The van der Waals surface area contributed by atoms with Crippen LogP contribution >= 0.6 is 0 Å². The van der Waals surface area contributed by atoms with E-state index in [4.69, 9.17) is 0 Å². The average molecular weight is 303 g/mol. The molecular weight excluding hydrogens is 278 g/mol. The quantitative estimate of drug-likeness (QED) is 0.813. The number of nitrogens with one attached hydrogen (secondary N) is 1. The van der Waals surface area contributed by atoms with Gasteiger partial charge < -0.3 is 10.4 Å². The van der Waals surface area contributed by atoms with Gasteiger partial charge in [-0.15, -0.1) is 0 Å². The van der Waals surface area contributed by atoms with Crippen LogP contribution in [0.25, 0.3) is 0 Å². The zero-order valence-electron chi connectivity index (χ0n) is 13.0. The van der Waals surface area contributed by atoms with Gasteiger partial charge in [0.15, 0.2) is 0 Å². The lowest BCUT2D eigenvalue weighted by Gasteiger charge is -2.23. The van der Waals surface area contributed by atoms with Crippen LogP contribution in [0.3, 0.4) is 0 Å². The second-order valence-corrected chi connectivity index (χ2v) is 6.11. The van der Waals surface area contributed by atoms with Crippen LogP contribution in [-0.2, 0) is 16.0 Å². The molecule has 120 valence electrons. The molecule has 0 aliphatic heterocycles. The highest BCUT2D eigenvalue weighted by Crippen LogP contribution is 2.23. The van der Waals surface area contributed by atoms with Gasteiger partial charge in [-0.05, 0) is 37.7 Å². The molecule has 0 heterocycles. The fourth-order valence-corrected chi connectivity index (χ4v) is 3.07. The number of carboxylic acid groups (broad SMARTS) is 1. The monoisotopic (exact) mass is 303 g/mol. The summed E-state index contributed by atoms with van der Waals surface area (Å²) in [6.45, 7) is 0. The number of rotatable bonds is 7. The summed E-state index contributed by atoms with van der Waals surface area (Å²) >= 11 is 0. The van der Waals surface area contributed by atoms with Gasteiger partial charge in [-0.25, -0.2) is 4.79 Å². The first-order valence-electron chi connectivity index (χ1n) is 8.24. The summed E-state index contributed by atoms with van der Waals surface area (Å²) in [7, 11) is 0. The first-order valence-corrected chi connectivity index (χ1v) is 8.24. The van der Waals surface area contributed by atoms with Crippen molar-refractivity contribution in [3.05, 3.63) is 35.9 Å². The molecule has 1 aliphatic carbocycles. The van der Waals surface area contributed by atoms with Gasteiger partial charge in [0.05, 0.1) is 0 Å². The van der Waals surface area contributed by atoms with Gasteiger partial charge in [-0.1, -0.05) is 49.6 Å². The molecule has 1 aromatic carbocycles. The molecular formula is C18H25NO3. The number of carbonyl (C=O) groups is 2. The minimum absolute atomic E-state index is 0.00437. The van der Waals surface area contributed by atoms with Crippen LogP contribution in [0.1, 0.15) is 50.5 Å². The number of hydrogen-bond donors (Lipinski definition) is 2. The number of hydrogen-bond acceptors (Lipinski definition) is 2. The Balaban J connectivity index is 1.79. The Morgan fingerprint density at radius 3 is 2.45 bits per heavy atom. The maximum absolute atomic E-state index is 12.2. The van der Waals surface area contributed by atoms with Gasteiger partial charge in [0.2, 0.25) is 5.91 Å². The van der Waals surface area contributed by atoms with Gasteiger partial charge in [-0.3, -0.25) is 4.79 Å². The number of carbonyl (C=O) groups excluding carboxylic acids is 1. The van der Waals surface area contributed by atoms with E-state index in [-0.39, 0.29) is 11.8 Å². The van der Waals surface area contributed by atoms with E-state index in [1.54, 1.807) is 0 Å². The summed E-state index contributed by atoms with van der Waals surface area (Å²) < 4.78 is 0. The summed E-state index contributed by atoms with van der Waals surface area (Å²) in [6, 6.07) is 9.24. The molecule has 1 aromatic rings. The van der Waals surface area contributed by atoms with Gasteiger partial charge in [0.1, 0.15) is 6.04 Å². The predicted molar refractivity (Wildman–Crippen MR) is 85.5 cm³/mol. The highest BCUT2D eigenvalue weighted by atomic mass is 16.4. The van der Waals surface area contributed by atoms with Crippen molar-refractivity contribution in [2.75, 3.05) is 0 Å². The molecule has 1 saturated carbocycles. The lowest BCUT2D eigenvalue weighted by atomic mass is 9.88. The molecule has 0 spiro atoms. The fourth-order valence-electron chi connectivity index (χ4n) is 3.07. The Labute approximate surface area is 131 Å². The normalized spacial score (nSPS) is 16.9. The average Bonchev–Trinajstić information content (AvgIpc) is 2.55. The van der Waals surface area contributed by atoms with Crippen molar-refractivity contribution in [1.29, 1.82) is 0 Å². The van der Waals surface area contributed by atoms with Crippen LogP contribution in [0.4, 0.5) is 0 Å². The first-order chi connectivity index (χ1) is 10.7. The molecule has 4 heteroatoms. The smallest absolute Gasteiger partial charge is 0.326 e.